The van der Waals surface area contributed by atoms with E-state index in [0.29, 0.717) is 44.3 Å². The fourth-order valence-corrected chi connectivity index (χ4v) is 4.21. The second-order valence-corrected chi connectivity index (χ2v) is 8.74. The van der Waals surface area contributed by atoms with Gasteiger partial charge in [-0.05, 0) is 37.5 Å². The van der Waals surface area contributed by atoms with Gasteiger partial charge in [-0.3, -0.25) is 0 Å². The number of halogens is 7. The molecule has 0 bridgehead atoms. The lowest BCUT2D eigenvalue weighted by atomic mass is 10.1. The smallest absolute Gasteiger partial charge is 0.434 e. The largest absolute Gasteiger partial charge is 0.440 e. The fraction of sp³-hybridized carbons (Fsp3) is 0.571. The number of alkyl halides is 6. The molecule has 2 saturated heterocycles. The average molecular weight is 525 g/mol. The van der Waals surface area contributed by atoms with Gasteiger partial charge >= 0.3 is 18.4 Å². The zero-order chi connectivity index (χ0) is 25.2. The maximum Gasteiger partial charge on any atom is 0.434 e. The fourth-order valence-electron chi connectivity index (χ4n) is 4.03. The van der Waals surface area contributed by atoms with Crippen LogP contribution < -0.4 is 19.4 Å². The highest BCUT2D eigenvalue weighted by Gasteiger charge is 2.59. The van der Waals surface area contributed by atoms with E-state index in [1.165, 1.54) is 0 Å². The summed E-state index contributed by atoms with van der Waals surface area (Å²) in [7, 11) is 0. The van der Waals surface area contributed by atoms with Gasteiger partial charge in [-0.2, -0.15) is 41.3 Å². The zero-order valence-corrected chi connectivity index (χ0v) is 19.2. The number of nitrogens with zero attached hydrogens (tertiary/aromatic N) is 6. The standard InChI is InChI=1S/C21H23ClF6N6O/c22-14-5-4-6-15(13-14)32-9-11-34(12-10-32)18-29-17(33-7-2-1-3-8-33)30-19(31-18)35-16(20(23,24)25)21(26,27)28/h4-6,13,16H,1-3,7-12H2. The lowest BCUT2D eigenvalue weighted by Crippen LogP contribution is -2.48. The first kappa shape index (κ1) is 25.4. The number of hydrogen-bond acceptors (Lipinski definition) is 7. The Labute approximate surface area is 202 Å². The summed E-state index contributed by atoms with van der Waals surface area (Å²) >= 11 is 6.06. The van der Waals surface area contributed by atoms with Crippen molar-refractivity contribution in [1.82, 2.24) is 15.0 Å². The highest BCUT2D eigenvalue weighted by molar-refractivity contribution is 6.30. The van der Waals surface area contributed by atoms with Gasteiger partial charge in [0.15, 0.2) is 0 Å². The summed E-state index contributed by atoms with van der Waals surface area (Å²) in [4.78, 5) is 17.5. The highest BCUT2D eigenvalue weighted by Crippen LogP contribution is 2.36. The van der Waals surface area contributed by atoms with Gasteiger partial charge in [0.2, 0.25) is 11.9 Å². The predicted octanol–water partition coefficient (Wildman–Crippen LogP) is 4.71. The van der Waals surface area contributed by atoms with Crippen LogP contribution in [0.2, 0.25) is 5.02 Å². The second kappa shape index (κ2) is 10.1. The zero-order valence-electron chi connectivity index (χ0n) is 18.5. The van der Waals surface area contributed by atoms with Crippen molar-refractivity contribution in [3.8, 4) is 6.01 Å². The number of piperidine rings is 1. The van der Waals surface area contributed by atoms with Crippen molar-refractivity contribution in [1.29, 1.82) is 0 Å². The molecule has 0 aliphatic carbocycles. The Morgan fingerprint density at radius 2 is 1.29 bits per heavy atom. The Kier molecular flexibility index (Phi) is 7.34. The lowest BCUT2D eigenvalue weighted by molar-refractivity contribution is -0.301. The molecule has 0 radical (unpaired) electrons. The molecule has 0 saturated carbocycles. The third-order valence-corrected chi connectivity index (χ3v) is 6.02. The predicted molar refractivity (Wildman–Crippen MR) is 118 cm³/mol. The van der Waals surface area contributed by atoms with Crippen molar-refractivity contribution in [2.24, 2.45) is 0 Å². The van der Waals surface area contributed by atoms with Crippen LogP contribution in [-0.4, -0.2) is 72.7 Å². The summed E-state index contributed by atoms with van der Waals surface area (Å²) in [5.74, 6) is -0.0190. The Balaban J connectivity index is 1.59. The third kappa shape index (κ3) is 6.30. The Morgan fingerprint density at radius 1 is 0.743 bits per heavy atom. The SMILES string of the molecule is FC(F)(F)C(Oc1nc(N2CCCCC2)nc(N2CCN(c3cccc(Cl)c3)CC2)n1)C(F)(F)F. The molecule has 2 aliphatic heterocycles. The molecule has 0 spiro atoms. The summed E-state index contributed by atoms with van der Waals surface area (Å²) < 4.78 is 82.9. The molecule has 0 atom stereocenters. The van der Waals surface area contributed by atoms with E-state index in [1.807, 2.05) is 18.2 Å². The highest BCUT2D eigenvalue weighted by atomic mass is 35.5. The van der Waals surface area contributed by atoms with Gasteiger partial charge in [-0.25, -0.2) is 0 Å². The minimum atomic E-state index is -5.68. The van der Waals surface area contributed by atoms with Crippen LogP contribution in [0.15, 0.2) is 24.3 Å². The molecule has 0 unspecified atom stereocenters. The first-order valence-electron chi connectivity index (χ1n) is 11.1. The number of aromatic nitrogens is 3. The molecule has 2 aromatic rings. The Morgan fingerprint density at radius 3 is 1.83 bits per heavy atom. The molecule has 35 heavy (non-hydrogen) atoms. The van der Waals surface area contributed by atoms with E-state index in [9.17, 15) is 26.3 Å². The van der Waals surface area contributed by atoms with Crippen molar-refractivity contribution < 1.29 is 31.1 Å². The van der Waals surface area contributed by atoms with E-state index < -0.39 is 24.5 Å². The molecular weight excluding hydrogens is 502 g/mol. The first-order chi connectivity index (χ1) is 16.5. The van der Waals surface area contributed by atoms with Gasteiger partial charge in [0.1, 0.15) is 0 Å². The van der Waals surface area contributed by atoms with E-state index in [0.717, 1.165) is 24.9 Å². The summed E-state index contributed by atoms with van der Waals surface area (Å²) in [6.45, 7) is 2.89. The maximum atomic E-state index is 13.1. The Bertz CT molecular complexity index is 995. The molecule has 14 heteroatoms. The maximum absolute atomic E-state index is 13.1. The van der Waals surface area contributed by atoms with Crippen molar-refractivity contribution in [2.45, 2.75) is 37.7 Å². The molecule has 0 N–H and O–H groups in total. The molecular formula is C21H23ClF6N6O. The minimum Gasteiger partial charge on any atom is -0.440 e. The van der Waals surface area contributed by atoms with E-state index in [4.69, 9.17) is 11.6 Å². The Hall–Kier alpha value is -2.70. The van der Waals surface area contributed by atoms with Crippen LogP contribution in [0.5, 0.6) is 6.01 Å². The summed E-state index contributed by atoms with van der Waals surface area (Å²) in [5, 5.41) is 0.583. The molecule has 2 aliphatic rings. The van der Waals surface area contributed by atoms with Crippen LogP contribution >= 0.6 is 11.6 Å². The van der Waals surface area contributed by atoms with Crippen LogP contribution in [0.4, 0.5) is 43.9 Å². The van der Waals surface area contributed by atoms with Crippen molar-refractivity contribution >= 4 is 29.2 Å². The van der Waals surface area contributed by atoms with E-state index in [1.54, 1.807) is 15.9 Å². The van der Waals surface area contributed by atoms with Crippen LogP contribution in [-0.2, 0) is 0 Å². The van der Waals surface area contributed by atoms with Crippen LogP contribution in [0.3, 0.4) is 0 Å². The molecule has 7 nitrogen and oxygen atoms in total. The molecule has 4 rings (SSSR count). The summed E-state index contributed by atoms with van der Waals surface area (Å²) in [6.07, 6.45) is -12.8. The average Bonchev–Trinajstić information content (AvgIpc) is 2.82. The van der Waals surface area contributed by atoms with Gasteiger partial charge in [0.25, 0.3) is 6.10 Å². The van der Waals surface area contributed by atoms with Crippen LogP contribution in [0.1, 0.15) is 19.3 Å². The molecule has 1 aromatic carbocycles. The van der Waals surface area contributed by atoms with Crippen LogP contribution in [0, 0.1) is 0 Å². The molecule has 3 heterocycles. The summed E-state index contributed by atoms with van der Waals surface area (Å²) in [5.41, 5.74) is 0.907. The quantitative estimate of drug-likeness (QED) is 0.525. The summed E-state index contributed by atoms with van der Waals surface area (Å²) in [6, 6.07) is 6.29. The van der Waals surface area contributed by atoms with Gasteiger partial charge < -0.3 is 19.4 Å². The van der Waals surface area contributed by atoms with Crippen molar-refractivity contribution in [3.05, 3.63) is 29.3 Å². The molecule has 1 aromatic heterocycles. The topological polar surface area (TPSA) is 57.6 Å². The van der Waals surface area contributed by atoms with E-state index >= 15 is 0 Å². The lowest BCUT2D eigenvalue weighted by Gasteiger charge is -2.36. The van der Waals surface area contributed by atoms with Gasteiger partial charge in [-0.15, -0.1) is 0 Å². The van der Waals surface area contributed by atoms with Crippen molar-refractivity contribution in [2.75, 3.05) is 54.0 Å². The molecule has 0 amide bonds. The van der Waals surface area contributed by atoms with Crippen LogP contribution in [0.25, 0.3) is 0 Å². The number of piperazine rings is 1. The van der Waals surface area contributed by atoms with Gasteiger partial charge in [0, 0.05) is 50.0 Å². The van der Waals surface area contributed by atoms with Crippen molar-refractivity contribution in [3.63, 3.8) is 0 Å². The first-order valence-corrected chi connectivity index (χ1v) is 11.4. The van der Waals surface area contributed by atoms with E-state index in [-0.39, 0.29) is 11.9 Å². The molecule has 192 valence electrons. The normalized spacial score (nSPS) is 17.8. The minimum absolute atomic E-state index is 0.00469. The van der Waals surface area contributed by atoms with E-state index in [2.05, 4.69) is 24.6 Å². The monoisotopic (exact) mass is 524 g/mol. The number of anilines is 3. The number of hydrogen-bond donors (Lipinski definition) is 0. The second-order valence-electron chi connectivity index (χ2n) is 8.30. The number of ether oxygens (including phenoxy) is 1. The third-order valence-electron chi connectivity index (χ3n) is 5.78. The molecule has 2 fully saturated rings. The van der Waals surface area contributed by atoms with Gasteiger partial charge in [0.05, 0.1) is 0 Å². The number of rotatable bonds is 5. The number of benzene rings is 1. The van der Waals surface area contributed by atoms with Gasteiger partial charge in [-0.1, -0.05) is 17.7 Å².